The van der Waals surface area contributed by atoms with Crippen molar-refractivity contribution in [2.75, 3.05) is 31.1 Å². The molecule has 0 bridgehead atoms. The first-order chi connectivity index (χ1) is 14.4. The Balaban J connectivity index is 0.00000480. The molecule has 3 N–H and O–H groups in total. The van der Waals surface area contributed by atoms with E-state index < -0.39 is 6.61 Å². The third-order valence-corrected chi connectivity index (χ3v) is 4.92. The number of hydrogen-bond donors (Lipinski definition) is 3. The Kier molecular flexibility index (Phi) is 12.5. The SMILES string of the molecule is CCNC(=NCCC(=O)NC(C)CC)NC1CCN(c2ccccc2OC(F)F)C1.I. The van der Waals surface area contributed by atoms with E-state index in [0.29, 0.717) is 37.7 Å². The van der Waals surface area contributed by atoms with Gasteiger partial charge in [0.15, 0.2) is 5.96 Å². The molecule has 0 aromatic heterocycles. The van der Waals surface area contributed by atoms with E-state index in [1.807, 2.05) is 31.7 Å². The van der Waals surface area contributed by atoms with Gasteiger partial charge in [0.05, 0.1) is 12.2 Å². The van der Waals surface area contributed by atoms with Crippen molar-refractivity contribution in [3.05, 3.63) is 24.3 Å². The second kappa shape index (κ2) is 14.3. The Labute approximate surface area is 200 Å². The highest BCUT2D eigenvalue weighted by Gasteiger charge is 2.26. The zero-order valence-electron chi connectivity index (χ0n) is 18.4. The van der Waals surface area contributed by atoms with Crippen LogP contribution < -0.4 is 25.6 Å². The lowest BCUT2D eigenvalue weighted by atomic mass is 10.2. The highest BCUT2D eigenvalue weighted by molar-refractivity contribution is 14.0. The Bertz CT molecular complexity index is 708. The maximum Gasteiger partial charge on any atom is 0.387 e. The number of guanidine groups is 1. The standard InChI is InChI=1S/C21H33F2N5O2.HI/c1-4-15(3)26-19(29)10-12-25-21(24-5-2)27-16-11-13-28(14-16)17-8-6-7-9-18(17)30-20(22)23;/h6-9,15-16,20H,4-5,10-14H2,1-3H3,(H,26,29)(H2,24,25,27);1H. The largest absolute Gasteiger partial charge is 0.433 e. The molecule has 1 aromatic rings. The van der Waals surface area contributed by atoms with Crippen LogP contribution in [0.4, 0.5) is 14.5 Å². The van der Waals surface area contributed by atoms with E-state index in [1.165, 1.54) is 0 Å². The number of ether oxygens (including phenoxy) is 1. The van der Waals surface area contributed by atoms with Gasteiger partial charge in [0.25, 0.3) is 0 Å². The summed E-state index contributed by atoms with van der Waals surface area (Å²) in [7, 11) is 0. The smallest absolute Gasteiger partial charge is 0.387 e. The molecule has 0 spiro atoms. The predicted molar refractivity (Wildman–Crippen MR) is 131 cm³/mol. The summed E-state index contributed by atoms with van der Waals surface area (Å²) in [5.41, 5.74) is 0.658. The number of anilines is 1. The van der Waals surface area contributed by atoms with Crippen molar-refractivity contribution >= 4 is 41.5 Å². The third kappa shape index (κ3) is 9.44. The van der Waals surface area contributed by atoms with Crippen molar-refractivity contribution in [2.24, 2.45) is 4.99 Å². The normalized spacial score (nSPS) is 17.2. The number of halogens is 3. The lowest BCUT2D eigenvalue weighted by Crippen LogP contribution is -2.44. The van der Waals surface area contributed by atoms with Gasteiger partial charge in [-0.1, -0.05) is 19.1 Å². The number of hydrogen-bond acceptors (Lipinski definition) is 4. The highest BCUT2D eigenvalue weighted by Crippen LogP contribution is 2.31. The van der Waals surface area contributed by atoms with Crippen molar-refractivity contribution in [3.63, 3.8) is 0 Å². The number of amides is 1. The zero-order valence-corrected chi connectivity index (χ0v) is 20.7. The van der Waals surface area contributed by atoms with E-state index in [9.17, 15) is 13.6 Å². The number of aliphatic imine (C=N–C) groups is 1. The van der Waals surface area contributed by atoms with Crippen LogP contribution in [0.15, 0.2) is 29.3 Å². The van der Waals surface area contributed by atoms with Crippen molar-refractivity contribution in [1.29, 1.82) is 0 Å². The minimum Gasteiger partial charge on any atom is -0.433 e. The highest BCUT2D eigenvalue weighted by atomic mass is 127. The first-order valence-electron chi connectivity index (χ1n) is 10.6. The minimum atomic E-state index is -2.85. The number of carbonyl (C=O) groups excluding carboxylic acids is 1. The average Bonchev–Trinajstić information content (AvgIpc) is 3.16. The molecule has 1 aromatic carbocycles. The molecule has 0 aliphatic carbocycles. The fourth-order valence-electron chi connectivity index (χ4n) is 3.24. The lowest BCUT2D eigenvalue weighted by molar-refractivity contribution is -0.121. The molecular formula is C21H34F2IN5O2. The van der Waals surface area contributed by atoms with Crippen LogP contribution in [0, 0.1) is 0 Å². The molecular weight excluding hydrogens is 519 g/mol. The first-order valence-corrected chi connectivity index (χ1v) is 10.6. The summed E-state index contributed by atoms with van der Waals surface area (Å²) in [5.74, 6) is 0.825. The summed E-state index contributed by atoms with van der Waals surface area (Å²) < 4.78 is 30.0. The molecule has 2 rings (SSSR count). The minimum absolute atomic E-state index is 0. The number of carbonyl (C=O) groups is 1. The number of benzene rings is 1. The van der Waals surface area contributed by atoms with Crippen LogP contribution >= 0.6 is 24.0 Å². The molecule has 2 atom stereocenters. The van der Waals surface area contributed by atoms with Gasteiger partial charge in [-0.15, -0.1) is 24.0 Å². The third-order valence-electron chi connectivity index (χ3n) is 4.92. The summed E-state index contributed by atoms with van der Waals surface area (Å²) in [6, 6.07) is 7.10. The average molecular weight is 553 g/mol. The van der Waals surface area contributed by atoms with Crippen LogP contribution in [0.2, 0.25) is 0 Å². The van der Waals surface area contributed by atoms with Gasteiger partial charge < -0.3 is 25.6 Å². The van der Waals surface area contributed by atoms with Gasteiger partial charge >= 0.3 is 6.61 Å². The molecule has 2 unspecified atom stereocenters. The zero-order chi connectivity index (χ0) is 21.9. The summed E-state index contributed by atoms with van der Waals surface area (Å²) in [6.45, 7) is 5.58. The van der Waals surface area contributed by atoms with E-state index >= 15 is 0 Å². The quantitative estimate of drug-likeness (QED) is 0.236. The van der Waals surface area contributed by atoms with Gasteiger partial charge in [0, 0.05) is 38.1 Å². The van der Waals surface area contributed by atoms with Crippen LogP contribution in [0.5, 0.6) is 5.75 Å². The Morgan fingerprint density at radius 2 is 2.06 bits per heavy atom. The number of para-hydroxylation sites is 2. The van der Waals surface area contributed by atoms with Crippen LogP contribution in [0.3, 0.4) is 0 Å². The molecule has 1 amide bonds. The summed E-state index contributed by atoms with van der Waals surface area (Å²) in [4.78, 5) is 18.4. The van der Waals surface area contributed by atoms with E-state index in [4.69, 9.17) is 0 Å². The molecule has 1 aliphatic rings. The monoisotopic (exact) mass is 553 g/mol. The Morgan fingerprint density at radius 1 is 1.32 bits per heavy atom. The van der Waals surface area contributed by atoms with Crippen molar-refractivity contribution in [3.8, 4) is 5.75 Å². The molecule has 31 heavy (non-hydrogen) atoms. The van der Waals surface area contributed by atoms with Gasteiger partial charge in [-0.25, -0.2) is 0 Å². The molecule has 176 valence electrons. The van der Waals surface area contributed by atoms with Gasteiger partial charge in [0.1, 0.15) is 5.75 Å². The van der Waals surface area contributed by atoms with Crippen LogP contribution in [-0.2, 0) is 4.79 Å². The summed E-state index contributed by atoms with van der Waals surface area (Å²) in [6.07, 6.45) is 2.06. The van der Waals surface area contributed by atoms with Gasteiger partial charge in [0.2, 0.25) is 5.91 Å². The molecule has 10 heteroatoms. The van der Waals surface area contributed by atoms with Crippen LogP contribution in [0.1, 0.15) is 40.0 Å². The second-order valence-corrected chi connectivity index (χ2v) is 7.31. The summed E-state index contributed by atoms with van der Waals surface area (Å²) in [5, 5.41) is 9.50. The Morgan fingerprint density at radius 3 is 2.74 bits per heavy atom. The van der Waals surface area contributed by atoms with Crippen molar-refractivity contribution < 1.29 is 18.3 Å². The number of alkyl halides is 2. The van der Waals surface area contributed by atoms with Crippen LogP contribution in [0.25, 0.3) is 0 Å². The number of nitrogens with zero attached hydrogens (tertiary/aromatic N) is 2. The van der Waals surface area contributed by atoms with E-state index in [-0.39, 0.29) is 47.7 Å². The van der Waals surface area contributed by atoms with Gasteiger partial charge in [-0.2, -0.15) is 8.78 Å². The molecule has 1 saturated heterocycles. The van der Waals surface area contributed by atoms with E-state index in [1.54, 1.807) is 18.2 Å². The second-order valence-electron chi connectivity index (χ2n) is 7.31. The number of rotatable bonds is 10. The maximum atomic E-state index is 12.7. The molecule has 1 fully saturated rings. The molecule has 7 nitrogen and oxygen atoms in total. The predicted octanol–water partition coefficient (Wildman–Crippen LogP) is 3.34. The lowest BCUT2D eigenvalue weighted by Gasteiger charge is -2.22. The van der Waals surface area contributed by atoms with Crippen molar-refractivity contribution in [1.82, 2.24) is 16.0 Å². The molecule has 0 saturated carbocycles. The van der Waals surface area contributed by atoms with Gasteiger partial charge in [-0.05, 0) is 38.8 Å². The van der Waals surface area contributed by atoms with Crippen LogP contribution in [-0.4, -0.2) is 56.7 Å². The topological polar surface area (TPSA) is 78.0 Å². The fourth-order valence-corrected chi connectivity index (χ4v) is 3.24. The summed E-state index contributed by atoms with van der Waals surface area (Å²) >= 11 is 0. The van der Waals surface area contributed by atoms with E-state index in [2.05, 4.69) is 25.7 Å². The number of nitrogens with one attached hydrogen (secondary N) is 3. The molecule has 1 heterocycles. The van der Waals surface area contributed by atoms with Gasteiger partial charge in [-0.3, -0.25) is 9.79 Å². The molecule has 1 aliphatic heterocycles. The Hall–Kier alpha value is -1.85. The maximum absolute atomic E-state index is 12.7. The van der Waals surface area contributed by atoms with Crippen molar-refractivity contribution in [2.45, 2.75) is 58.7 Å². The van der Waals surface area contributed by atoms with E-state index in [0.717, 1.165) is 19.4 Å². The first kappa shape index (κ1) is 27.2. The molecule has 0 radical (unpaired) electrons. The fraction of sp³-hybridized carbons (Fsp3) is 0.619.